The topological polar surface area (TPSA) is 51.5 Å². The molecule has 0 fully saturated rings. The van der Waals surface area contributed by atoms with E-state index in [1.54, 1.807) is 6.26 Å². The van der Waals surface area contributed by atoms with E-state index < -0.39 is 0 Å². The van der Waals surface area contributed by atoms with Crippen molar-refractivity contribution in [1.82, 2.24) is 5.32 Å². The first-order valence-electron chi connectivity index (χ1n) is 6.97. The second-order valence-electron chi connectivity index (χ2n) is 4.99. The molecule has 0 aliphatic carbocycles. The van der Waals surface area contributed by atoms with Crippen molar-refractivity contribution >= 4 is 21.8 Å². The van der Waals surface area contributed by atoms with Crippen LogP contribution < -0.4 is 10.1 Å². The third kappa shape index (κ3) is 3.29. The Morgan fingerprint density at radius 2 is 2.24 bits per heavy atom. The zero-order chi connectivity index (χ0) is 14.7. The van der Waals surface area contributed by atoms with Gasteiger partial charge in [-0.3, -0.25) is 4.79 Å². The SMILES string of the molecule is O=C(CCc1ccco1)N[C@H]1CCOc2c(Br)cccc21. The van der Waals surface area contributed by atoms with Crippen LogP contribution in [0.5, 0.6) is 5.75 Å². The predicted octanol–water partition coefficient (Wildman–Crippen LogP) is 3.61. The highest BCUT2D eigenvalue weighted by Crippen LogP contribution is 2.37. The van der Waals surface area contributed by atoms with Crippen LogP contribution in [-0.2, 0) is 11.2 Å². The quantitative estimate of drug-likeness (QED) is 0.917. The van der Waals surface area contributed by atoms with Crippen LogP contribution in [0.2, 0.25) is 0 Å². The summed E-state index contributed by atoms with van der Waals surface area (Å²) < 4.78 is 11.8. The lowest BCUT2D eigenvalue weighted by atomic mass is 10.0. The Bertz CT molecular complexity index is 624. The molecule has 0 radical (unpaired) electrons. The third-order valence-corrected chi connectivity index (χ3v) is 4.16. The van der Waals surface area contributed by atoms with Gasteiger partial charge in [-0.2, -0.15) is 0 Å². The minimum absolute atomic E-state index is 0.00958. The molecule has 0 saturated heterocycles. The number of halogens is 1. The number of furan rings is 1. The Kier molecular flexibility index (Phi) is 4.29. The summed E-state index contributed by atoms with van der Waals surface area (Å²) in [5.74, 6) is 1.70. The van der Waals surface area contributed by atoms with Crippen molar-refractivity contribution in [2.75, 3.05) is 6.61 Å². The van der Waals surface area contributed by atoms with Gasteiger partial charge in [-0.25, -0.2) is 0 Å². The van der Waals surface area contributed by atoms with E-state index in [1.165, 1.54) is 0 Å². The summed E-state index contributed by atoms with van der Waals surface area (Å²) in [5, 5.41) is 3.08. The first-order chi connectivity index (χ1) is 10.2. The van der Waals surface area contributed by atoms with Gasteiger partial charge in [-0.05, 0) is 34.1 Å². The van der Waals surface area contributed by atoms with E-state index in [2.05, 4.69) is 21.2 Å². The van der Waals surface area contributed by atoms with Crippen molar-refractivity contribution in [3.05, 3.63) is 52.4 Å². The maximum absolute atomic E-state index is 12.1. The van der Waals surface area contributed by atoms with Crippen LogP contribution in [0.4, 0.5) is 0 Å². The van der Waals surface area contributed by atoms with Gasteiger partial charge in [-0.15, -0.1) is 0 Å². The van der Waals surface area contributed by atoms with Crippen LogP contribution in [0.1, 0.15) is 30.2 Å². The molecule has 1 atom stereocenters. The van der Waals surface area contributed by atoms with Crippen molar-refractivity contribution in [2.24, 2.45) is 0 Å². The van der Waals surface area contributed by atoms with Gasteiger partial charge in [0.1, 0.15) is 11.5 Å². The van der Waals surface area contributed by atoms with Gasteiger partial charge in [0.15, 0.2) is 0 Å². The smallest absolute Gasteiger partial charge is 0.220 e. The Labute approximate surface area is 131 Å². The zero-order valence-corrected chi connectivity index (χ0v) is 13.1. The maximum atomic E-state index is 12.1. The lowest BCUT2D eigenvalue weighted by Gasteiger charge is -2.27. The Morgan fingerprint density at radius 1 is 1.33 bits per heavy atom. The highest BCUT2D eigenvalue weighted by molar-refractivity contribution is 9.10. The number of benzene rings is 1. The molecule has 1 aliphatic heterocycles. The van der Waals surface area contributed by atoms with Crippen LogP contribution >= 0.6 is 15.9 Å². The van der Waals surface area contributed by atoms with Crippen molar-refractivity contribution in [3.8, 4) is 5.75 Å². The second-order valence-corrected chi connectivity index (χ2v) is 5.85. The summed E-state index contributed by atoms with van der Waals surface area (Å²) in [6.07, 6.45) is 3.46. The molecular formula is C16H16BrNO3. The summed E-state index contributed by atoms with van der Waals surface area (Å²) in [4.78, 5) is 12.1. The van der Waals surface area contributed by atoms with E-state index in [-0.39, 0.29) is 11.9 Å². The van der Waals surface area contributed by atoms with Crippen molar-refractivity contribution in [2.45, 2.75) is 25.3 Å². The van der Waals surface area contributed by atoms with Crippen LogP contribution in [0.3, 0.4) is 0 Å². The molecule has 5 heteroatoms. The first kappa shape index (κ1) is 14.2. The number of hydrogen-bond donors (Lipinski definition) is 1. The predicted molar refractivity (Wildman–Crippen MR) is 82.2 cm³/mol. The minimum Gasteiger partial charge on any atom is -0.492 e. The van der Waals surface area contributed by atoms with E-state index in [0.29, 0.717) is 19.4 Å². The zero-order valence-electron chi connectivity index (χ0n) is 11.5. The highest BCUT2D eigenvalue weighted by atomic mass is 79.9. The Balaban J connectivity index is 1.63. The lowest BCUT2D eigenvalue weighted by molar-refractivity contribution is -0.122. The number of fused-ring (bicyclic) bond motifs is 1. The van der Waals surface area contributed by atoms with Crippen LogP contribution in [-0.4, -0.2) is 12.5 Å². The number of para-hydroxylation sites is 1. The fourth-order valence-electron chi connectivity index (χ4n) is 2.49. The molecular weight excluding hydrogens is 334 g/mol. The molecule has 1 aromatic heterocycles. The number of nitrogens with one attached hydrogen (secondary N) is 1. The monoisotopic (exact) mass is 349 g/mol. The van der Waals surface area contributed by atoms with Crippen LogP contribution in [0, 0.1) is 0 Å². The number of carbonyl (C=O) groups excluding carboxylic acids is 1. The van der Waals surface area contributed by atoms with E-state index in [4.69, 9.17) is 9.15 Å². The van der Waals surface area contributed by atoms with Crippen molar-refractivity contribution < 1.29 is 13.9 Å². The fourth-order valence-corrected chi connectivity index (χ4v) is 2.99. The normalized spacial score (nSPS) is 16.9. The number of carbonyl (C=O) groups is 1. The molecule has 110 valence electrons. The van der Waals surface area contributed by atoms with E-state index in [1.807, 2.05) is 30.3 Å². The summed E-state index contributed by atoms with van der Waals surface area (Å²) in [6.45, 7) is 0.610. The molecule has 1 amide bonds. The van der Waals surface area contributed by atoms with Gasteiger partial charge in [0.2, 0.25) is 5.91 Å². The molecule has 0 bridgehead atoms. The largest absolute Gasteiger partial charge is 0.492 e. The number of hydrogen-bond acceptors (Lipinski definition) is 3. The molecule has 2 aromatic rings. The van der Waals surface area contributed by atoms with E-state index in [9.17, 15) is 4.79 Å². The molecule has 1 aromatic carbocycles. The van der Waals surface area contributed by atoms with Crippen molar-refractivity contribution in [3.63, 3.8) is 0 Å². The Morgan fingerprint density at radius 3 is 3.05 bits per heavy atom. The molecule has 0 unspecified atom stereocenters. The third-order valence-electron chi connectivity index (χ3n) is 3.54. The highest BCUT2D eigenvalue weighted by Gasteiger charge is 2.24. The molecule has 3 rings (SSSR count). The first-order valence-corrected chi connectivity index (χ1v) is 7.76. The van der Waals surface area contributed by atoms with Crippen molar-refractivity contribution in [1.29, 1.82) is 0 Å². The van der Waals surface area contributed by atoms with Crippen LogP contribution in [0.25, 0.3) is 0 Å². The molecule has 0 saturated carbocycles. The molecule has 2 heterocycles. The Hall–Kier alpha value is -1.75. The van der Waals surface area contributed by atoms with Gasteiger partial charge >= 0.3 is 0 Å². The van der Waals surface area contributed by atoms with Gasteiger partial charge in [0, 0.05) is 24.8 Å². The van der Waals surface area contributed by atoms with Gasteiger partial charge in [0.05, 0.1) is 23.4 Å². The second kappa shape index (κ2) is 6.35. The molecule has 0 spiro atoms. The molecule has 21 heavy (non-hydrogen) atoms. The van der Waals surface area contributed by atoms with E-state index in [0.717, 1.165) is 28.0 Å². The average Bonchev–Trinajstić information content (AvgIpc) is 3.00. The molecule has 1 aliphatic rings. The summed E-state index contributed by atoms with van der Waals surface area (Å²) in [5.41, 5.74) is 1.03. The fraction of sp³-hybridized carbons (Fsp3) is 0.312. The van der Waals surface area contributed by atoms with E-state index >= 15 is 0 Å². The number of ether oxygens (including phenoxy) is 1. The minimum atomic E-state index is 0.00958. The van der Waals surface area contributed by atoms with Crippen LogP contribution in [0.15, 0.2) is 45.5 Å². The number of aryl methyl sites for hydroxylation is 1. The number of rotatable bonds is 4. The maximum Gasteiger partial charge on any atom is 0.220 e. The summed E-state index contributed by atoms with van der Waals surface area (Å²) >= 11 is 3.48. The molecule has 4 nitrogen and oxygen atoms in total. The number of amides is 1. The summed E-state index contributed by atoms with van der Waals surface area (Å²) in [7, 11) is 0. The van der Waals surface area contributed by atoms with Gasteiger partial charge in [-0.1, -0.05) is 12.1 Å². The lowest BCUT2D eigenvalue weighted by Crippen LogP contribution is -2.32. The van der Waals surface area contributed by atoms with Gasteiger partial charge in [0.25, 0.3) is 0 Å². The standard InChI is InChI=1S/C16H16BrNO3/c17-13-5-1-4-12-14(8-10-21-16(12)13)18-15(19)7-6-11-3-2-9-20-11/h1-5,9,14H,6-8,10H2,(H,18,19)/t14-/m0/s1. The van der Waals surface area contributed by atoms with Gasteiger partial charge < -0.3 is 14.5 Å². The summed E-state index contributed by atoms with van der Waals surface area (Å²) in [6, 6.07) is 9.62. The molecule has 1 N–H and O–H groups in total. The average molecular weight is 350 g/mol.